The summed E-state index contributed by atoms with van der Waals surface area (Å²) in [6, 6.07) is 35.0. The van der Waals surface area contributed by atoms with Crippen molar-refractivity contribution < 1.29 is 23.8 Å². The van der Waals surface area contributed by atoms with E-state index in [1.807, 2.05) is 69.6 Å². The van der Waals surface area contributed by atoms with Gasteiger partial charge in [-0.05, 0) is 41.6 Å². The minimum atomic E-state index is -1.12. The van der Waals surface area contributed by atoms with Crippen LogP contribution in [0, 0.1) is 0 Å². The lowest BCUT2D eigenvalue weighted by Crippen LogP contribution is -2.35. The maximum absolute atomic E-state index is 13.3. The van der Waals surface area contributed by atoms with Crippen LogP contribution in [0.2, 0.25) is 0 Å². The highest BCUT2D eigenvalue weighted by Gasteiger charge is 2.48. The lowest BCUT2D eigenvalue weighted by atomic mass is 9.80. The Morgan fingerprint density at radius 1 is 0.761 bits per heavy atom. The Labute approximate surface area is 268 Å². The molecule has 0 bridgehead atoms. The van der Waals surface area contributed by atoms with Crippen molar-refractivity contribution in [2.75, 3.05) is 26.1 Å². The first-order valence-electron chi connectivity index (χ1n) is 15.5. The molecule has 1 aliphatic heterocycles. The van der Waals surface area contributed by atoms with E-state index in [-0.39, 0.29) is 12.8 Å². The number of fused-ring (bicyclic) bond motifs is 8. The van der Waals surface area contributed by atoms with E-state index >= 15 is 0 Å². The average Bonchev–Trinajstić information content (AvgIpc) is 3.35. The molecule has 0 fully saturated rings. The molecule has 0 amide bonds. The van der Waals surface area contributed by atoms with Crippen LogP contribution < -0.4 is 9.64 Å². The van der Waals surface area contributed by atoms with Crippen LogP contribution in [0.25, 0.3) is 28.0 Å². The van der Waals surface area contributed by atoms with Gasteiger partial charge in [-0.25, -0.2) is 0 Å². The van der Waals surface area contributed by atoms with Gasteiger partial charge in [0.2, 0.25) is 0 Å². The van der Waals surface area contributed by atoms with Crippen molar-refractivity contribution >= 4 is 34.5 Å². The zero-order valence-corrected chi connectivity index (χ0v) is 26.4. The van der Waals surface area contributed by atoms with Crippen LogP contribution in [0.1, 0.15) is 47.6 Å². The predicted octanol–water partition coefficient (Wildman–Crippen LogP) is 8.00. The SMILES string of the molecule is COC(=O)CCC(=O)OC1(C)c2ccccc2-c2c1c1c(c3ccccc23)OC(c2ccccc2)(c2ccc(N(C)C)cc2)C=C1. The van der Waals surface area contributed by atoms with Crippen LogP contribution in [0.15, 0.2) is 109 Å². The number of benzene rings is 5. The molecule has 5 aromatic rings. The van der Waals surface area contributed by atoms with Gasteiger partial charge in [0.25, 0.3) is 0 Å². The summed E-state index contributed by atoms with van der Waals surface area (Å²) in [7, 11) is 5.37. The lowest BCUT2D eigenvalue weighted by Gasteiger charge is -2.39. The van der Waals surface area contributed by atoms with Gasteiger partial charge in [-0.3, -0.25) is 9.59 Å². The summed E-state index contributed by atoms with van der Waals surface area (Å²) in [5.41, 5.74) is 5.71. The molecule has 2 aliphatic rings. The van der Waals surface area contributed by atoms with Crippen LogP contribution >= 0.6 is 0 Å². The van der Waals surface area contributed by atoms with E-state index in [9.17, 15) is 9.59 Å². The summed E-state index contributed by atoms with van der Waals surface area (Å²) in [5.74, 6) is -0.204. The quantitative estimate of drug-likeness (QED) is 0.174. The van der Waals surface area contributed by atoms with E-state index in [2.05, 4.69) is 71.6 Å². The van der Waals surface area contributed by atoms with Crippen molar-refractivity contribution in [3.05, 3.63) is 137 Å². The number of anilines is 1. The Hall–Kier alpha value is -5.36. The summed E-state index contributed by atoms with van der Waals surface area (Å²) >= 11 is 0. The normalized spacial score (nSPS) is 19.0. The molecule has 2 unspecified atom stereocenters. The van der Waals surface area contributed by atoms with Crippen LogP contribution in [0.5, 0.6) is 5.75 Å². The lowest BCUT2D eigenvalue weighted by molar-refractivity contribution is -0.157. The fourth-order valence-electron chi connectivity index (χ4n) is 6.98. The summed E-state index contributed by atoms with van der Waals surface area (Å²) in [4.78, 5) is 27.3. The molecule has 6 nitrogen and oxygen atoms in total. The van der Waals surface area contributed by atoms with E-state index in [4.69, 9.17) is 14.2 Å². The Morgan fingerprint density at radius 2 is 1.39 bits per heavy atom. The van der Waals surface area contributed by atoms with Gasteiger partial charge < -0.3 is 19.1 Å². The predicted molar refractivity (Wildman–Crippen MR) is 181 cm³/mol. The molecule has 6 heteroatoms. The molecule has 7 rings (SSSR count). The zero-order chi connectivity index (χ0) is 32.1. The van der Waals surface area contributed by atoms with Crippen LogP contribution in [0.3, 0.4) is 0 Å². The topological polar surface area (TPSA) is 65.1 Å². The van der Waals surface area contributed by atoms with E-state index in [0.717, 1.165) is 61.2 Å². The summed E-state index contributed by atoms with van der Waals surface area (Å²) < 4.78 is 18.5. The molecule has 1 aliphatic carbocycles. The Kier molecular flexibility index (Phi) is 7.16. The first-order valence-corrected chi connectivity index (χ1v) is 15.5. The van der Waals surface area contributed by atoms with Crippen molar-refractivity contribution in [2.24, 2.45) is 0 Å². The van der Waals surface area contributed by atoms with Crippen molar-refractivity contribution in [2.45, 2.75) is 31.0 Å². The second-order valence-electron chi connectivity index (χ2n) is 12.1. The van der Waals surface area contributed by atoms with Gasteiger partial charge in [0, 0.05) is 53.0 Å². The summed E-state index contributed by atoms with van der Waals surface area (Å²) in [6.45, 7) is 1.94. The van der Waals surface area contributed by atoms with Crippen LogP contribution in [-0.4, -0.2) is 33.1 Å². The number of carbonyl (C=O) groups excluding carboxylic acids is 2. The first kappa shape index (κ1) is 29.4. The van der Waals surface area contributed by atoms with E-state index in [1.54, 1.807) is 0 Å². The molecule has 0 saturated heterocycles. The van der Waals surface area contributed by atoms with Gasteiger partial charge >= 0.3 is 11.9 Å². The molecule has 1 heterocycles. The van der Waals surface area contributed by atoms with Gasteiger partial charge in [-0.15, -0.1) is 0 Å². The summed E-state index contributed by atoms with van der Waals surface area (Å²) in [6.07, 6.45) is 4.11. The summed E-state index contributed by atoms with van der Waals surface area (Å²) in [5, 5.41) is 1.99. The van der Waals surface area contributed by atoms with Crippen LogP contribution in [0.4, 0.5) is 5.69 Å². The highest BCUT2D eigenvalue weighted by atomic mass is 16.6. The van der Waals surface area contributed by atoms with Gasteiger partial charge in [-0.1, -0.05) is 97.1 Å². The number of hydrogen-bond acceptors (Lipinski definition) is 6. The Morgan fingerprint density at radius 3 is 2.11 bits per heavy atom. The number of esters is 2. The number of ether oxygens (including phenoxy) is 3. The second kappa shape index (κ2) is 11.2. The van der Waals surface area contributed by atoms with E-state index < -0.39 is 23.1 Å². The number of methoxy groups -OCH3 is 1. The molecule has 2 atom stereocenters. The minimum Gasteiger partial charge on any atom is -0.472 e. The smallest absolute Gasteiger partial charge is 0.307 e. The zero-order valence-electron chi connectivity index (χ0n) is 26.4. The van der Waals surface area contributed by atoms with Gasteiger partial charge in [0.15, 0.2) is 11.2 Å². The highest BCUT2D eigenvalue weighted by molar-refractivity contribution is 6.08. The van der Waals surface area contributed by atoms with Crippen molar-refractivity contribution in [3.63, 3.8) is 0 Å². The van der Waals surface area contributed by atoms with E-state index in [1.165, 1.54) is 7.11 Å². The molecule has 0 spiro atoms. The molecule has 0 saturated carbocycles. The van der Waals surface area contributed by atoms with Crippen molar-refractivity contribution in [1.29, 1.82) is 0 Å². The molecular weight excluding hydrogens is 574 g/mol. The van der Waals surface area contributed by atoms with Gasteiger partial charge in [-0.2, -0.15) is 0 Å². The van der Waals surface area contributed by atoms with E-state index in [0.29, 0.717) is 0 Å². The van der Waals surface area contributed by atoms with Gasteiger partial charge in [0.1, 0.15) is 5.75 Å². The fraction of sp³-hybridized carbons (Fsp3) is 0.200. The maximum atomic E-state index is 13.3. The van der Waals surface area contributed by atoms with Crippen molar-refractivity contribution in [3.8, 4) is 16.9 Å². The monoisotopic (exact) mass is 609 g/mol. The Balaban J connectivity index is 1.46. The molecule has 230 valence electrons. The minimum absolute atomic E-state index is 0.0506. The number of rotatable bonds is 7. The fourth-order valence-corrected chi connectivity index (χ4v) is 6.98. The molecule has 0 radical (unpaired) electrons. The molecule has 0 aromatic heterocycles. The standard InChI is InChI=1S/C40H35NO5/c1-39(45-35(43)23-22-34(42)44-4)33-17-11-10-16-31(33)36-29-14-8-9-15-30(29)38-32(37(36)39)24-25-40(46-38,26-12-6-5-7-13-26)27-18-20-28(21-19-27)41(2)3/h5-21,24-25H,22-23H2,1-4H3. The average molecular weight is 610 g/mol. The van der Waals surface area contributed by atoms with Gasteiger partial charge in [0.05, 0.1) is 20.0 Å². The third-order valence-corrected chi connectivity index (χ3v) is 9.23. The molecule has 46 heavy (non-hydrogen) atoms. The van der Waals surface area contributed by atoms with Crippen LogP contribution in [-0.2, 0) is 30.3 Å². The van der Waals surface area contributed by atoms with Crippen molar-refractivity contribution in [1.82, 2.24) is 0 Å². The molecular formula is C40H35NO5. The maximum Gasteiger partial charge on any atom is 0.307 e. The number of nitrogens with zero attached hydrogens (tertiary/aromatic N) is 1. The Bertz CT molecular complexity index is 2010. The largest absolute Gasteiger partial charge is 0.472 e. The molecule has 0 N–H and O–H groups in total. The first-order chi connectivity index (χ1) is 22.3. The number of carbonyl (C=O) groups is 2. The second-order valence-corrected chi connectivity index (χ2v) is 12.1. The third-order valence-electron chi connectivity index (χ3n) is 9.23. The third kappa shape index (κ3) is 4.55. The highest BCUT2D eigenvalue weighted by Crippen LogP contribution is 2.58. The molecule has 5 aromatic carbocycles. The number of hydrogen-bond donors (Lipinski definition) is 0.